The first kappa shape index (κ1) is 21.3. The van der Waals surface area contributed by atoms with Crippen LogP contribution in [0.15, 0.2) is 18.2 Å². The third-order valence-electron chi connectivity index (χ3n) is 5.53. The van der Waals surface area contributed by atoms with Gasteiger partial charge in [-0.15, -0.1) is 0 Å². The van der Waals surface area contributed by atoms with Gasteiger partial charge in [0.2, 0.25) is 17.7 Å². The van der Waals surface area contributed by atoms with E-state index in [9.17, 15) is 14.4 Å². The number of nitrogens with one attached hydrogen (secondary N) is 1. The van der Waals surface area contributed by atoms with E-state index in [4.69, 9.17) is 4.74 Å². The van der Waals surface area contributed by atoms with Crippen LogP contribution in [0.2, 0.25) is 0 Å². The number of methoxy groups -OCH3 is 1. The third kappa shape index (κ3) is 4.78. The lowest BCUT2D eigenvalue weighted by atomic mass is 9.91. The van der Waals surface area contributed by atoms with Gasteiger partial charge in [0.15, 0.2) is 0 Å². The zero-order valence-corrected chi connectivity index (χ0v) is 17.8. The Bertz CT molecular complexity index is 800. The molecule has 7 nitrogen and oxygen atoms in total. The fourth-order valence-corrected chi connectivity index (χ4v) is 4.00. The minimum absolute atomic E-state index is 0.0435. The number of carbonyl (C=O) groups excluding carboxylic acids is 3. The van der Waals surface area contributed by atoms with Crippen molar-refractivity contribution in [2.45, 2.75) is 46.5 Å². The molecule has 0 aromatic heterocycles. The van der Waals surface area contributed by atoms with E-state index in [-0.39, 0.29) is 30.4 Å². The number of benzene rings is 1. The Balaban J connectivity index is 1.68. The van der Waals surface area contributed by atoms with Gasteiger partial charge in [0.1, 0.15) is 6.73 Å². The fraction of sp³-hybridized carbons (Fsp3) is 0.591. The summed E-state index contributed by atoms with van der Waals surface area (Å²) in [6, 6.07) is 5.61. The Morgan fingerprint density at radius 1 is 1.24 bits per heavy atom. The maximum atomic E-state index is 12.8. The van der Waals surface area contributed by atoms with Crippen LogP contribution in [-0.4, -0.2) is 49.6 Å². The number of piperidine rings is 1. The van der Waals surface area contributed by atoms with Crippen LogP contribution >= 0.6 is 0 Å². The largest absolute Gasteiger partial charge is 0.364 e. The van der Waals surface area contributed by atoms with E-state index in [1.54, 1.807) is 12.0 Å². The van der Waals surface area contributed by atoms with Gasteiger partial charge in [-0.05, 0) is 43.0 Å². The van der Waals surface area contributed by atoms with Crippen molar-refractivity contribution in [1.82, 2.24) is 4.90 Å². The van der Waals surface area contributed by atoms with Gasteiger partial charge in [0.05, 0.1) is 5.92 Å². The Kier molecular flexibility index (Phi) is 6.27. The second-order valence-electron chi connectivity index (χ2n) is 8.91. The Morgan fingerprint density at radius 2 is 2.00 bits per heavy atom. The molecule has 7 heteroatoms. The Labute approximate surface area is 172 Å². The number of hydrogen-bond donors (Lipinski definition) is 1. The Hall–Kier alpha value is -2.41. The van der Waals surface area contributed by atoms with Gasteiger partial charge in [0, 0.05) is 43.4 Å². The van der Waals surface area contributed by atoms with E-state index >= 15 is 0 Å². The van der Waals surface area contributed by atoms with Crippen LogP contribution in [0.4, 0.5) is 11.4 Å². The van der Waals surface area contributed by atoms with Crippen LogP contribution in [0, 0.1) is 11.3 Å². The molecule has 1 fully saturated rings. The molecule has 1 saturated heterocycles. The normalized spacial score (nSPS) is 19.7. The zero-order valence-electron chi connectivity index (χ0n) is 17.8. The molecular formula is C22H31N3O4. The van der Waals surface area contributed by atoms with Crippen molar-refractivity contribution in [2.24, 2.45) is 11.3 Å². The van der Waals surface area contributed by atoms with Crippen molar-refractivity contribution in [1.29, 1.82) is 0 Å². The summed E-state index contributed by atoms with van der Waals surface area (Å²) >= 11 is 0. The second kappa shape index (κ2) is 8.53. The van der Waals surface area contributed by atoms with Gasteiger partial charge in [-0.25, -0.2) is 0 Å². The molecule has 0 radical (unpaired) electrons. The molecule has 1 N–H and O–H groups in total. The van der Waals surface area contributed by atoms with E-state index in [0.29, 0.717) is 25.9 Å². The molecule has 0 bridgehead atoms. The first-order valence-electron chi connectivity index (χ1n) is 10.2. The first-order valence-corrected chi connectivity index (χ1v) is 10.2. The summed E-state index contributed by atoms with van der Waals surface area (Å²) in [7, 11) is 1.56. The van der Waals surface area contributed by atoms with Gasteiger partial charge in [-0.3, -0.25) is 19.3 Å². The summed E-state index contributed by atoms with van der Waals surface area (Å²) in [5.41, 5.74) is 2.13. The number of likely N-dealkylation sites (tertiary alicyclic amines) is 1. The molecule has 1 aromatic carbocycles. The van der Waals surface area contributed by atoms with Crippen LogP contribution in [0.3, 0.4) is 0 Å². The highest BCUT2D eigenvalue weighted by molar-refractivity contribution is 5.98. The number of aryl methyl sites for hydroxylation is 1. The van der Waals surface area contributed by atoms with E-state index in [0.717, 1.165) is 29.8 Å². The lowest BCUT2D eigenvalue weighted by Gasteiger charge is -2.36. The molecule has 158 valence electrons. The average molecular weight is 402 g/mol. The standard InChI is InChI=1S/C22H31N3O4/c1-22(2,3)21(28)24-11-5-6-16(13-24)20(27)23-17-8-9-18-15(12-17)7-10-19(26)25(18)14-29-4/h8-9,12,16H,5-7,10-11,13-14H2,1-4H3,(H,23,27)/t16-/m1/s1. The van der Waals surface area contributed by atoms with Crippen molar-refractivity contribution < 1.29 is 19.1 Å². The van der Waals surface area contributed by atoms with Gasteiger partial charge in [-0.2, -0.15) is 0 Å². The van der Waals surface area contributed by atoms with Crippen LogP contribution < -0.4 is 10.2 Å². The summed E-state index contributed by atoms with van der Waals surface area (Å²) in [5, 5.41) is 3.01. The van der Waals surface area contributed by atoms with Gasteiger partial charge >= 0.3 is 0 Å². The highest BCUT2D eigenvalue weighted by atomic mass is 16.5. The van der Waals surface area contributed by atoms with Crippen molar-refractivity contribution >= 4 is 29.1 Å². The molecule has 0 saturated carbocycles. The van der Waals surface area contributed by atoms with Crippen LogP contribution in [0.1, 0.15) is 45.6 Å². The quantitative estimate of drug-likeness (QED) is 0.841. The number of hydrogen-bond acceptors (Lipinski definition) is 4. The number of anilines is 2. The van der Waals surface area contributed by atoms with Crippen molar-refractivity contribution in [2.75, 3.05) is 37.1 Å². The molecule has 1 aromatic rings. The summed E-state index contributed by atoms with van der Waals surface area (Å²) in [6.07, 6.45) is 2.69. The summed E-state index contributed by atoms with van der Waals surface area (Å²) in [5.74, 6) is -0.136. The van der Waals surface area contributed by atoms with E-state index < -0.39 is 5.41 Å². The molecule has 0 aliphatic carbocycles. The smallest absolute Gasteiger partial charge is 0.229 e. The second-order valence-corrected chi connectivity index (χ2v) is 8.91. The minimum atomic E-state index is -0.442. The van der Waals surface area contributed by atoms with Crippen molar-refractivity contribution in [3.63, 3.8) is 0 Å². The Morgan fingerprint density at radius 3 is 2.69 bits per heavy atom. The predicted octanol–water partition coefficient (Wildman–Crippen LogP) is 2.79. The number of ether oxygens (including phenoxy) is 1. The van der Waals surface area contributed by atoms with Crippen LogP contribution in [-0.2, 0) is 25.5 Å². The molecule has 1 atom stereocenters. The first-order chi connectivity index (χ1) is 13.7. The van der Waals surface area contributed by atoms with E-state index in [1.165, 1.54) is 0 Å². The number of nitrogens with zero attached hydrogens (tertiary/aromatic N) is 2. The molecule has 29 heavy (non-hydrogen) atoms. The van der Waals surface area contributed by atoms with Crippen LogP contribution in [0.5, 0.6) is 0 Å². The highest BCUT2D eigenvalue weighted by Crippen LogP contribution is 2.31. The number of carbonyl (C=O) groups is 3. The predicted molar refractivity (Wildman–Crippen MR) is 112 cm³/mol. The molecule has 2 heterocycles. The molecule has 3 rings (SSSR count). The molecule has 0 unspecified atom stereocenters. The van der Waals surface area contributed by atoms with Gasteiger partial charge < -0.3 is 15.0 Å². The summed E-state index contributed by atoms with van der Waals surface area (Å²) in [4.78, 5) is 41.0. The van der Waals surface area contributed by atoms with Crippen molar-refractivity contribution in [3.8, 4) is 0 Å². The van der Waals surface area contributed by atoms with E-state index in [2.05, 4.69) is 5.32 Å². The zero-order chi connectivity index (χ0) is 21.2. The maximum absolute atomic E-state index is 12.8. The lowest BCUT2D eigenvalue weighted by molar-refractivity contribution is -0.142. The topological polar surface area (TPSA) is 79.0 Å². The fourth-order valence-electron chi connectivity index (χ4n) is 4.00. The monoisotopic (exact) mass is 401 g/mol. The van der Waals surface area contributed by atoms with E-state index in [1.807, 2.05) is 43.9 Å². The number of amides is 3. The summed E-state index contributed by atoms with van der Waals surface area (Å²) in [6.45, 7) is 7.11. The molecule has 3 amide bonds. The van der Waals surface area contributed by atoms with Gasteiger partial charge in [0.25, 0.3) is 0 Å². The number of fused-ring (bicyclic) bond motifs is 1. The molecular weight excluding hydrogens is 370 g/mol. The molecule has 2 aliphatic heterocycles. The maximum Gasteiger partial charge on any atom is 0.229 e. The minimum Gasteiger partial charge on any atom is -0.364 e. The average Bonchev–Trinajstić information content (AvgIpc) is 2.69. The van der Waals surface area contributed by atoms with Crippen molar-refractivity contribution in [3.05, 3.63) is 23.8 Å². The third-order valence-corrected chi connectivity index (χ3v) is 5.53. The van der Waals surface area contributed by atoms with Crippen LogP contribution in [0.25, 0.3) is 0 Å². The lowest BCUT2D eigenvalue weighted by Crippen LogP contribution is -2.47. The molecule has 0 spiro atoms. The SMILES string of the molecule is COCN1C(=O)CCc2cc(NC(=O)[C@@H]3CCCN(C(=O)C(C)(C)C)C3)ccc21. The molecule has 2 aliphatic rings. The highest BCUT2D eigenvalue weighted by Gasteiger charge is 2.33. The number of rotatable bonds is 4. The van der Waals surface area contributed by atoms with Gasteiger partial charge in [-0.1, -0.05) is 20.8 Å². The summed E-state index contributed by atoms with van der Waals surface area (Å²) < 4.78 is 5.14.